The van der Waals surface area contributed by atoms with Crippen LogP contribution in [0, 0.1) is 5.82 Å². The van der Waals surface area contributed by atoms with Crippen molar-refractivity contribution in [3.63, 3.8) is 0 Å². The van der Waals surface area contributed by atoms with Gasteiger partial charge in [0.15, 0.2) is 0 Å². The monoisotopic (exact) mass is 330 g/mol. The average molecular weight is 330 g/mol. The van der Waals surface area contributed by atoms with Gasteiger partial charge in [0.25, 0.3) is 0 Å². The van der Waals surface area contributed by atoms with Gasteiger partial charge in [-0.05, 0) is 23.8 Å². The predicted molar refractivity (Wildman–Crippen MR) is 92.5 cm³/mol. The first-order valence-electron chi connectivity index (χ1n) is 7.97. The Balaban J connectivity index is 1.90. The van der Waals surface area contributed by atoms with Crippen molar-refractivity contribution in [2.75, 3.05) is 25.2 Å². The highest BCUT2D eigenvalue weighted by Gasteiger charge is 2.34. The number of hydrogen-bond acceptors (Lipinski definition) is 5. The Labute approximate surface area is 141 Å². The number of hydrogen-bond donors (Lipinski definition) is 2. The Hall–Kier alpha value is -1.99. The second kappa shape index (κ2) is 7.27. The van der Waals surface area contributed by atoms with Crippen LogP contribution >= 0.6 is 0 Å². The fourth-order valence-electron chi connectivity index (χ4n) is 3.10. The van der Waals surface area contributed by atoms with E-state index in [9.17, 15) is 4.39 Å². The van der Waals surface area contributed by atoms with E-state index >= 15 is 0 Å². The minimum absolute atomic E-state index is 0.252. The van der Waals surface area contributed by atoms with Crippen LogP contribution < -0.4 is 16.4 Å². The lowest BCUT2D eigenvalue weighted by Crippen LogP contribution is -2.60. The molecule has 0 spiro atoms. The van der Waals surface area contributed by atoms with E-state index in [1.807, 2.05) is 29.2 Å². The molecule has 0 radical (unpaired) electrons. The van der Waals surface area contributed by atoms with Crippen molar-refractivity contribution < 1.29 is 9.13 Å². The lowest BCUT2D eigenvalue weighted by Gasteiger charge is -2.47. The van der Waals surface area contributed by atoms with Crippen LogP contribution in [0.3, 0.4) is 0 Å². The van der Waals surface area contributed by atoms with Gasteiger partial charge < -0.3 is 15.4 Å². The molecule has 0 fully saturated rings. The number of nitrogens with two attached hydrogens (primary N) is 2. The van der Waals surface area contributed by atoms with Gasteiger partial charge in [-0.2, -0.15) is 0 Å². The lowest BCUT2D eigenvalue weighted by molar-refractivity contribution is 0.106. The van der Waals surface area contributed by atoms with E-state index in [4.69, 9.17) is 16.2 Å². The minimum atomic E-state index is -0.380. The number of ether oxygens (including phenoxy) is 1. The Morgan fingerprint density at radius 1 is 1.08 bits per heavy atom. The molecule has 6 heteroatoms. The van der Waals surface area contributed by atoms with E-state index in [0.29, 0.717) is 19.7 Å². The summed E-state index contributed by atoms with van der Waals surface area (Å²) in [7, 11) is 1.67. The number of benzene rings is 2. The zero-order chi connectivity index (χ0) is 17.1. The number of halogens is 1. The first kappa shape index (κ1) is 16.9. The summed E-state index contributed by atoms with van der Waals surface area (Å²) in [6.45, 7) is 1.78. The molecular formula is C18H23FN4O. The first-order chi connectivity index (χ1) is 11.6. The molecule has 2 aromatic carbocycles. The second-order valence-electron chi connectivity index (χ2n) is 5.90. The van der Waals surface area contributed by atoms with Crippen LogP contribution in [-0.2, 0) is 11.3 Å². The number of fused-ring (bicyclic) bond motifs is 1. The molecule has 1 aliphatic rings. The maximum atomic E-state index is 13.1. The first-order valence-corrected chi connectivity index (χ1v) is 7.97. The van der Waals surface area contributed by atoms with Gasteiger partial charge in [0.1, 0.15) is 12.1 Å². The largest absolute Gasteiger partial charge is 0.383 e. The van der Waals surface area contributed by atoms with Crippen molar-refractivity contribution in [2.24, 2.45) is 11.5 Å². The van der Waals surface area contributed by atoms with E-state index in [1.54, 1.807) is 19.2 Å². The van der Waals surface area contributed by atoms with Crippen LogP contribution in [0.15, 0.2) is 48.5 Å². The third-order valence-electron chi connectivity index (χ3n) is 4.40. The second-order valence-corrected chi connectivity index (χ2v) is 5.90. The smallest absolute Gasteiger partial charge is 0.136 e. The zero-order valence-corrected chi connectivity index (χ0v) is 13.7. The van der Waals surface area contributed by atoms with Gasteiger partial charge in [-0.3, -0.25) is 5.73 Å². The maximum absolute atomic E-state index is 13.1. The number of methoxy groups -OCH3 is 1. The summed E-state index contributed by atoms with van der Waals surface area (Å²) in [4.78, 5) is 4.09. The van der Waals surface area contributed by atoms with E-state index in [2.05, 4.69) is 4.90 Å². The fraction of sp³-hybridized carbons (Fsp3) is 0.333. The molecule has 128 valence electrons. The summed E-state index contributed by atoms with van der Waals surface area (Å²) < 4.78 is 18.3. The predicted octanol–water partition coefficient (Wildman–Crippen LogP) is 1.99. The van der Waals surface area contributed by atoms with Gasteiger partial charge in [0.05, 0.1) is 12.8 Å². The summed E-state index contributed by atoms with van der Waals surface area (Å²) in [6, 6.07) is 14.4. The Morgan fingerprint density at radius 3 is 2.50 bits per heavy atom. The number of rotatable bonds is 5. The summed E-state index contributed by atoms with van der Waals surface area (Å²) in [5, 5.41) is 0. The highest BCUT2D eigenvalue weighted by atomic mass is 19.1. The van der Waals surface area contributed by atoms with E-state index in [0.717, 1.165) is 16.8 Å². The van der Waals surface area contributed by atoms with Gasteiger partial charge in [-0.1, -0.05) is 30.3 Å². The molecule has 0 aliphatic carbocycles. The third kappa shape index (κ3) is 3.27. The highest BCUT2D eigenvalue weighted by molar-refractivity contribution is 5.57. The van der Waals surface area contributed by atoms with E-state index in [-0.39, 0.29) is 18.3 Å². The van der Waals surface area contributed by atoms with Crippen LogP contribution in [0.1, 0.15) is 17.3 Å². The summed E-state index contributed by atoms with van der Waals surface area (Å²) in [6.07, 6.45) is -0.699. The lowest BCUT2D eigenvalue weighted by atomic mass is 10.0. The van der Waals surface area contributed by atoms with Crippen molar-refractivity contribution in [1.82, 2.24) is 4.90 Å². The normalized spacial score (nSPS) is 20.9. The molecule has 5 nitrogen and oxygen atoms in total. The molecule has 2 unspecified atom stereocenters. The summed E-state index contributed by atoms with van der Waals surface area (Å²) in [5.41, 5.74) is 16.0. The standard InChI is InChI=1S/C18H23FN4O/c1-24-11-10-22-16-5-3-2-4-15(16)17(20)23(18(22)21)12-13-6-8-14(19)9-7-13/h2-9,17-18H,10-12,20-21H2,1H3. The van der Waals surface area contributed by atoms with Gasteiger partial charge >= 0.3 is 0 Å². The Kier molecular flexibility index (Phi) is 5.11. The average Bonchev–Trinajstić information content (AvgIpc) is 2.60. The molecule has 0 bridgehead atoms. The molecule has 0 aromatic heterocycles. The van der Waals surface area contributed by atoms with Crippen LogP contribution in [0.25, 0.3) is 0 Å². The fourth-order valence-corrected chi connectivity index (χ4v) is 3.10. The van der Waals surface area contributed by atoms with Crippen molar-refractivity contribution in [2.45, 2.75) is 19.0 Å². The molecule has 1 heterocycles. The van der Waals surface area contributed by atoms with Crippen LogP contribution in [0.2, 0.25) is 0 Å². The Morgan fingerprint density at radius 2 is 1.79 bits per heavy atom. The van der Waals surface area contributed by atoms with Crippen molar-refractivity contribution in [1.29, 1.82) is 0 Å². The topological polar surface area (TPSA) is 67.8 Å². The molecule has 1 aliphatic heterocycles. The SMILES string of the molecule is COCCN1c2ccccc2C(N)N(Cc2ccc(F)cc2)C1N. The van der Waals surface area contributed by atoms with Gasteiger partial charge in [0, 0.05) is 31.5 Å². The molecule has 0 saturated carbocycles. The molecule has 2 aromatic rings. The van der Waals surface area contributed by atoms with Gasteiger partial charge in [-0.25, -0.2) is 9.29 Å². The Bertz CT molecular complexity index is 679. The number of nitrogens with zero attached hydrogens (tertiary/aromatic N) is 2. The molecule has 2 atom stereocenters. The van der Waals surface area contributed by atoms with Crippen molar-refractivity contribution >= 4 is 5.69 Å². The van der Waals surface area contributed by atoms with E-state index in [1.165, 1.54) is 12.1 Å². The van der Waals surface area contributed by atoms with Gasteiger partial charge in [0.2, 0.25) is 0 Å². The summed E-state index contributed by atoms with van der Waals surface area (Å²) >= 11 is 0. The molecule has 3 rings (SSSR count). The minimum Gasteiger partial charge on any atom is -0.383 e. The number of para-hydroxylation sites is 1. The zero-order valence-electron chi connectivity index (χ0n) is 13.7. The molecular weight excluding hydrogens is 307 g/mol. The highest BCUT2D eigenvalue weighted by Crippen LogP contribution is 2.35. The van der Waals surface area contributed by atoms with Crippen LogP contribution in [-0.4, -0.2) is 31.5 Å². The maximum Gasteiger partial charge on any atom is 0.136 e. The van der Waals surface area contributed by atoms with Crippen molar-refractivity contribution in [3.8, 4) is 0 Å². The molecule has 24 heavy (non-hydrogen) atoms. The molecule has 0 saturated heterocycles. The van der Waals surface area contributed by atoms with Crippen LogP contribution in [0.4, 0.5) is 10.1 Å². The van der Waals surface area contributed by atoms with Crippen LogP contribution in [0.5, 0.6) is 0 Å². The summed E-state index contributed by atoms with van der Waals surface area (Å²) in [5.74, 6) is -0.252. The molecule has 4 N–H and O–H groups in total. The van der Waals surface area contributed by atoms with Gasteiger partial charge in [-0.15, -0.1) is 0 Å². The molecule has 0 amide bonds. The van der Waals surface area contributed by atoms with E-state index < -0.39 is 0 Å². The number of anilines is 1. The third-order valence-corrected chi connectivity index (χ3v) is 4.40. The van der Waals surface area contributed by atoms with Crippen molar-refractivity contribution in [3.05, 3.63) is 65.5 Å². The quantitative estimate of drug-likeness (QED) is 0.878.